The molecule has 3 nitrogen and oxygen atoms in total. The van der Waals surface area contributed by atoms with E-state index in [9.17, 15) is 0 Å². The molecule has 0 aliphatic carbocycles. The summed E-state index contributed by atoms with van der Waals surface area (Å²) in [5.74, 6) is 2.98. The number of aromatic nitrogens is 2. The van der Waals surface area contributed by atoms with E-state index in [4.69, 9.17) is 0 Å². The van der Waals surface area contributed by atoms with Crippen molar-refractivity contribution in [3.05, 3.63) is 17.6 Å². The van der Waals surface area contributed by atoms with Crippen LogP contribution in [0.25, 0.3) is 0 Å². The highest BCUT2D eigenvalue weighted by molar-refractivity contribution is 7.97. The normalized spacial score (nSPS) is 16.0. The molecule has 82 valence electrons. The molecule has 0 saturated carbocycles. The molecule has 0 bridgehead atoms. The summed E-state index contributed by atoms with van der Waals surface area (Å²) in [6.45, 7) is 4.27. The predicted molar refractivity (Wildman–Crippen MR) is 65.4 cm³/mol. The molecular formula is C11H17N3S. The van der Waals surface area contributed by atoms with Crippen LogP contribution in [0, 0.1) is 6.92 Å². The van der Waals surface area contributed by atoms with Crippen molar-refractivity contribution in [3.8, 4) is 0 Å². The summed E-state index contributed by atoms with van der Waals surface area (Å²) in [5, 5.41) is 0. The van der Waals surface area contributed by atoms with Gasteiger partial charge in [0.15, 0.2) is 0 Å². The van der Waals surface area contributed by atoms with E-state index < -0.39 is 0 Å². The van der Waals surface area contributed by atoms with Crippen LogP contribution in [0.4, 0.5) is 5.82 Å². The van der Waals surface area contributed by atoms with Gasteiger partial charge in [-0.2, -0.15) is 11.8 Å². The summed E-state index contributed by atoms with van der Waals surface area (Å²) >= 11 is 1.81. The summed E-state index contributed by atoms with van der Waals surface area (Å²) < 4.78 is 0. The standard InChI is InChI=1S/C11H17N3S/c1-9-12-10(8-15-2)7-11(13-9)14-5-3-4-6-14/h7H,3-6,8H2,1-2H3. The van der Waals surface area contributed by atoms with E-state index in [1.54, 1.807) is 11.8 Å². The van der Waals surface area contributed by atoms with Crippen LogP contribution in [0.5, 0.6) is 0 Å². The average Bonchev–Trinajstić information content (AvgIpc) is 2.70. The first-order valence-corrected chi connectivity index (χ1v) is 6.77. The lowest BCUT2D eigenvalue weighted by Gasteiger charge is -2.17. The number of rotatable bonds is 3. The van der Waals surface area contributed by atoms with Crippen molar-refractivity contribution >= 4 is 17.6 Å². The molecule has 0 atom stereocenters. The molecule has 0 spiro atoms. The molecule has 0 N–H and O–H groups in total. The van der Waals surface area contributed by atoms with Gasteiger partial charge >= 0.3 is 0 Å². The fourth-order valence-electron chi connectivity index (χ4n) is 1.94. The summed E-state index contributed by atoms with van der Waals surface area (Å²) in [7, 11) is 0. The Labute approximate surface area is 95.3 Å². The van der Waals surface area contributed by atoms with E-state index in [1.807, 2.05) is 6.92 Å². The van der Waals surface area contributed by atoms with Gasteiger partial charge in [-0.05, 0) is 26.0 Å². The second-order valence-electron chi connectivity index (χ2n) is 3.89. The molecule has 2 rings (SSSR count). The number of hydrogen-bond donors (Lipinski definition) is 0. The van der Waals surface area contributed by atoms with Crippen molar-refractivity contribution in [2.45, 2.75) is 25.5 Å². The van der Waals surface area contributed by atoms with Crippen molar-refractivity contribution in [3.63, 3.8) is 0 Å². The first kappa shape index (κ1) is 10.7. The Morgan fingerprint density at radius 3 is 2.73 bits per heavy atom. The second-order valence-corrected chi connectivity index (χ2v) is 4.76. The maximum Gasteiger partial charge on any atom is 0.132 e. The predicted octanol–water partition coefficient (Wildman–Crippen LogP) is 2.25. The third-order valence-electron chi connectivity index (χ3n) is 2.60. The third-order valence-corrected chi connectivity index (χ3v) is 3.18. The fraction of sp³-hybridized carbons (Fsp3) is 0.636. The Kier molecular flexibility index (Phi) is 3.46. The zero-order valence-corrected chi connectivity index (χ0v) is 10.2. The van der Waals surface area contributed by atoms with Crippen molar-refractivity contribution in [1.82, 2.24) is 9.97 Å². The molecule has 0 radical (unpaired) electrons. The number of nitrogens with zero attached hydrogens (tertiary/aromatic N) is 3. The Morgan fingerprint density at radius 2 is 2.07 bits per heavy atom. The Bertz CT molecular complexity index is 335. The summed E-state index contributed by atoms with van der Waals surface area (Å²) in [5.41, 5.74) is 1.15. The van der Waals surface area contributed by atoms with E-state index in [-0.39, 0.29) is 0 Å². The van der Waals surface area contributed by atoms with Crippen molar-refractivity contribution in [2.24, 2.45) is 0 Å². The van der Waals surface area contributed by atoms with Gasteiger partial charge in [0.05, 0.1) is 5.69 Å². The van der Waals surface area contributed by atoms with Crippen LogP contribution in [-0.2, 0) is 5.75 Å². The molecule has 0 aromatic carbocycles. The zero-order chi connectivity index (χ0) is 10.7. The largest absolute Gasteiger partial charge is 0.357 e. The van der Waals surface area contributed by atoms with Gasteiger partial charge in [0, 0.05) is 24.9 Å². The lowest BCUT2D eigenvalue weighted by molar-refractivity contribution is 0.897. The molecule has 0 amide bonds. The number of hydrogen-bond acceptors (Lipinski definition) is 4. The minimum atomic E-state index is 0.892. The van der Waals surface area contributed by atoms with Gasteiger partial charge in [0.25, 0.3) is 0 Å². The summed E-state index contributed by atoms with van der Waals surface area (Å²) in [4.78, 5) is 11.3. The van der Waals surface area contributed by atoms with Crippen LogP contribution < -0.4 is 4.90 Å². The van der Waals surface area contributed by atoms with Gasteiger partial charge < -0.3 is 4.90 Å². The SMILES string of the molecule is CSCc1cc(N2CCCC2)nc(C)n1. The van der Waals surface area contributed by atoms with E-state index in [2.05, 4.69) is 27.2 Å². The van der Waals surface area contributed by atoms with E-state index in [0.717, 1.165) is 36.2 Å². The molecule has 2 heterocycles. The number of aryl methyl sites for hydroxylation is 1. The fourth-order valence-corrected chi connectivity index (χ4v) is 2.39. The number of anilines is 1. The lowest BCUT2D eigenvalue weighted by Crippen LogP contribution is -2.19. The highest BCUT2D eigenvalue weighted by atomic mass is 32.2. The van der Waals surface area contributed by atoms with E-state index in [1.165, 1.54) is 12.8 Å². The third kappa shape index (κ3) is 2.62. The first-order valence-electron chi connectivity index (χ1n) is 5.38. The van der Waals surface area contributed by atoms with Gasteiger partial charge in [-0.3, -0.25) is 0 Å². The van der Waals surface area contributed by atoms with Crippen LogP contribution in [0.15, 0.2) is 6.07 Å². The number of thioether (sulfide) groups is 1. The maximum absolute atomic E-state index is 4.50. The van der Waals surface area contributed by atoms with Crippen molar-refractivity contribution in [2.75, 3.05) is 24.2 Å². The highest BCUT2D eigenvalue weighted by Crippen LogP contribution is 2.19. The molecular weight excluding hydrogens is 206 g/mol. The van der Waals surface area contributed by atoms with Gasteiger partial charge in [0.2, 0.25) is 0 Å². The maximum atomic E-state index is 4.50. The first-order chi connectivity index (χ1) is 7.29. The van der Waals surface area contributed by atoms with Gasteiger partial charge in [-0.15, -0.1) is 0 Å². The minimum absolute atomic E-state index is 0.892. The second kappa shape index (κ2) is 4.84. The monoisotopic (exact) mass is 223 g/mol. The van der Waals surface area contributed by atoms with Crippen LogP contribution in [0.1, 0.15) is 24.4 Å². The molecule has 0 unspecified atom stereocenters. The minimum Gasteiger partial charge on any atom is -0.357 e. The zero-order valence-electron chi connectivity index (χ0n) is 9.36. The molecule has 1 aliphatic heterocycles. The van der Waals surface area contributed by atoms with Gasteiger partial charge in [-0.1, -0.05) is 0 Å². The molecule has 1 aliphatic rings. The average molecular weight is 223 g/mol. The Balaban J connectivity index is 2.22. The molecule has 15 heavy (non-hydrogen) atoms. The molecule has 1 saturated heterocycles. The molecule has 1 fully saturated rings. The van der Waals surface area contributed by atoms with Crippen LogP contribution in [0.3, 0.4) is 0 Å². The van der Waals surface area contributed by atoms with Crippen LogP contribution >= 0.6 is 11.8 Å². The van der Waals surface area contributed by atoms with Crippen LogP contribution in [0.2, 0.25) is 0 Å². The summed E-state index contributed by atoms with van der Waals surface area (Å²) in [6.07, 6.45) is 4.69. The Morgan fingerprint density at radius 1 is 1.33 bits per heavy atom. The van der Waals surface area contributed by atoms with Gasteiger partial charge in [0.1, 0.15) is 11.6 Å². The Hall–Kier alpha value is -0.770. The molecule has 4 heteroatoms. The van der Waals surface area contributed by atoms with E-state index in [0.29, 0.717) is 0 Å². The van der Waals surface area contributed by atoms with Crippen molar-refractivity contribution < 1.29 is 0 Å². The van der Waals surface area contributed by atoms with Crippen molar-refractivity contribution in [1.29, 1.82) is 0 Å². The molecule has 1 aromatic heterocycles. The van der Waals surface area contributed by atoms with E-state index >= 15 is 0 Å². The topological polar surface area (TPSA) is 29.0 Å². The molecule has 1 aromatic rings. The smallest absolute Gasteiger partial charge is 0.132 e. The lowest BCUT2D eigenvalue weighted by atomic mass is 10.4. The highest BCUT2D eigenvalue weighted by Gasteiger charge is 2.14. The van der Waals surface area contributed by atoms with Gasteiger partial charge in [-0.25, -0.2) is 9.97 Å². The van der Waals surface area contributed by atoms with Crippen LogP contribution in [-0.4, -0.2) is 29.3 Å². The quantitative estimate of drug-likeness (QED) is 0.786. The summed E-state index contributed by atoms with van der Waals surface area (Å²) in [6, 6.07) is 2.13.